The zero-order valence-corrected chi connectivity index (χ0v) is 15.1. The Morgan fingerprint density at radius 3 is 2.68 bits per heavy atom. The first kappa shape index (κ1) is 17.6. The lowest BCUT2D eigenvalue weighted by atomic mass is 10.1. The molecule has 2 aromatic rings. The zero-order chi connectivity index (χ0) is 17.8. The Balaban J connectivity index is 1.95. The molecule has 25 heavy (non-hydrogen) atoms. The number of amides is 1. The first-order chi connectivity index (χ1) is 12.1. The second-order valence-corrected chi connectivity index (χ2v) is 6.26. The van der Waals surface area contributed by atoms with E-state index in [4.69, 9.17) is 27.9 Å². The molecule has 130 valence electrons. The number of para-hydroxylation sites is 1. The highest BCUT2D eigenvalue weighted by Crippen LogP contribution is 2.34. The summed E-state index contributed by atoms with van der Waals surface area (Å²) < 4.78 is 5.25. The summed E-state index contributed by atoms with van der Waals surface area (Å²) in [7, 11) is 1.45. The van der Waals surface area contributed by atoms with E-state index >= 15 is 0 Å². The van der Waals surface area contributed by atoms with Crippen LogP contribution in [0, 0.1) is 0 Å². The number of rotatable bonds is 4. The van der Waals surface area contributed by atoms with Crippen molar-refractivity contribution in [3.63, 3.8) is 0 Å². The lowest BCUT2D eigenvalue weighted by Gasteiger charge is -2.18. The van der Waals surface area contributed by atoms with Crippen molar-refractivity contribution in [1.82, 2.24) is 5.32 Å². The van der Waals surface area contributed by atoms with Crippen LogP contribution in [0.15, 0.2) is 41.4 Å². The fraction of sp³-hybridized carbons (Fsp3) is 0.222. The summed E-state index contributed by atoms with van der Waals surface area (Å²) >= 11 is 12.3. The Bertz CT molecular complexity index is 837. The van der Waals surface area contributed by atoms with Crippen molar-refractivity contribution < 1.29 is 9.53 Å². The molecule has 0 atom stereocenters. The number of carbonyl (C=O) groups is 1. The van der Waals surface area contributed by atoms with Crippen LogP contribution >= 0.6 is 23.2 Å². The second-order valence-electron chi connectivity index (χ2n) is 5.45. The Kier molecular flexibility index (Phi) is 5.46. The number of carbonyl (C=O) groups excluding carboxylic acids is 1. The number of methoxy groups -OCH3 is 1. The molecule has 0 unspecified atom stereocenters. The highest BCUT2D eigenvalue weighted by Gasteiger charge is 2.21. The minimum Gasteiger partial charge on any atom is -0.494 e. The molecule has 1 aliphatic heterocycles. The average Bonchev–Trinajstić information content (AvgIpc) is 2.64. The summed E-state index contributed by atoms with van der Waals surface area (Å²) in [5.74, 6) is 0.622. The fourth-order valence-electron chi connectivity index (χ4n) is 2.64. The van der Waals surface area contributed by atoms with Gasteiger partial charge in [-0.3, -0.25) is 9.79 Å². The van der Waals surface area contributed by atoms with Crippen LogP contribution in [0.4, 0.5) is 5.69 Å². The minimum atomic E-state index is -0.395. The standard InChI is InChI=1S/C18H17Cl2N3O2/c1-25-16-13(20)8-7-12(19)15(16)18(24)23-14-6-3-2-5-11(14)17-21-9-4-10-22-17/h2-3,5-8H,4,9-10H2,1H3,(H,21,22)(H,23,24). The maximum absolute atomic E-state index is 12.8. The number of hydrogen-bond acceptors (Lipinski definition) is 4. The molecule has 3 rings (SSSR count). The number of nitrogens with zero attached hydrogens (tertiary/aromatic N) is 1. The molecular weight excluding hydrogens is 361 g/mol. The van der Waals surface area contributed by atoms with Gasteiger partial charge in [-0.15, -0.1) is 0 Å². The summed E-state index contributed by atoms with van der Waals surface area (Å²) in [6, 6.07) is 10.6. The molecule has 2 N–H and O–H groups in total. The summed E-state index contributed by atoms with van der Waals surface area (Å²) in [6.07, 6.45) is 0.993. The highest BCUT2D eigenvalue weighted by atomic mass is 35.5. The van der Waals surface area contributed by atoms with Gasteiger partial charge in [0.05, 0.1) is 22.8 Å². The van der Waals surface area contributed by atoms with Crippen LogP contribution < -0.4 is 15.4 Å². The molecule has 0 aliphatic carbocycles. The average molecular weight is 378 g/mol. The van der Waals surface area contributed by atoms with Gasteiger partial charge in [-0.2, -0.15) is 0 Å². The summed E-state index contributed by atoms with van der Waals surface area (Å²) in [5, 5.41) is 6.73. The molecule has 1 heterocycles. The van der Waals surface area contributed by atoms with E-state index in [1.807, 2.05) is 24.3 Å². The van der Waals surface area contributed by atoms with E-state index in [1.54, 1.807) is 12.1 Å². The quantitative estimate of drug-likeness (QED) is 0.846. The Morgan fingerprint density at radius 1 is 1.20 bits per heavy atom. The zero-order valence-electron chi connectivity index (χ0n) is 13.6. The Labute approximate surface area is 156 Å². The molecule has 0 fully saturated rings. The highest BCUT2D eigenvalue weighted by molar-refractivity contribution is 6.37. The Hall–Kier alpha value is -2.24. The molecule has 0 aromatic heterocycles. The van der Waals surface area contributed by atoms with Crippen molar-refractivity contribution in [2.45, 2.75) is 6.42 Å². The van der Waals surface area contributed by atoms with Crippen LogP contribution in [0.25, 0.3) is 0 Å². The number of hydrogen-bond donors (Lipinski definition) is 2. The van der Waals surface area contributed by atoms with E-state index in [-0.39, 0.29) is 16.3 Å². The molecular formula is C18H17Cl2N3O2. The van der Waals surface area contributed by atoms with Gasteiger partial charge in [0, 0.05) is 18.7 Å². The van der Waals surface area contributed by atoms with E-state index in [1.165, 1.54) is 7.11 Å². The largest absolute Gasteiger partial charge is 0.494 e. The van der Waals surface area contributed by atoms with E-state index in [9.17, 15) is 4.79 Å². The van der Waals surface area contributed by atoms with Crippen molar-refractivity contribution in [1.29, 1.82) is 0 Å². The van der Waals surface area contributed by atoms with Crippen LogP contribution in [0.2, 0.25) is 10.0 Å². The summed E-state index contributed by atoms with van der Waals surface area (Å²) in [5.41, 5.74) is 1.66. The van der Waals surface area contributed by atoms with Gasteiger partial charge in [-0.05, 0) is 30.7 Å². The van der Waals surface area contributed by atoms with Crippen molar-refractivity contribution in [3.05, 3.63) is 57.6 Å². The first-order valence-corrected chi connectivity index (χ1v) is 8.58. The number of anilines is 1. The van der Waals surface area contributed by atoms with Crippen LogP contribution in [0.1, 0.15) is 22.3 Å². The third-order valence-electron chi connectivity index (χ3n) is 3.82. The number of benzene rings is 2. The number of aliphatic imine (C=N–C) groups is 1. The van der Waals surface area contributed by atoms with Gasteiger partial charge in [-0.1, -0.05) is 35.3 Å². The summed E-state index contributed by atoms with van der Waals surface area (Å²) in [4.78, 5) is 17.3. The van der Waals surface area contributed by atoms with Crippen LogP contribution in [0.3, 0.4) is 0 Å². The van der Waals surface area contributed by atoms with E-state index in [0.29, 0.717) is 10.7 Å². The number of ether oxygens (including phenoxy) is 1. The van der Waals surface area contributed by atoms with Crippen molar-refractivity contribution >= 4 is 40.6 Å². The molecule has 0 saturated carbocycles. The van der Waals surface area contributed by atoms with E-state index in [2.05, 4.69) is 15.6 Å². The fourth-order valence-corrected chi connectivity index (χ4v) is 3.11. The maximum Gasteiger partial charge on any atom is 0.261 e. The predicted octanol–water partition coefficient (Wildman–Crippen LogP) is 3.99. The smallest absolute Gasteiger partial charge is 0.261 e. The van der Waals surface area contributed by atoms with Crippen LogP contribution in [-0.4, -0.2) is 31.9 Å². The number of amidine groups is 1. The van der Waals surface area contributed by atoms with Crippen LogP contribution in [0.5, 0.6) is 5.75 Å². The predicted molar refractivity (Wildman–Crippen MR) is 101 cm³/mol. The van der Waals surface area contributed by atoms with Gasteiger partial charge in [-0.25, -0.2) is 0 Å². The van der Waals surface area contributed by atoms with Crippen LogP contribution in [-0.2, 0) is 0 Å². The summed E-state index contributed by atoms with van der Waals surface area (Å²) in [6.45, 7) is 1.62. The van der Waals surface area contributed by atoms with Gasteiger partial charge in [0.25, 0.3) is 5.91 Å². The number of halogens is 2. The molecule has 7 heteroatoms. The minimum absolute atomic E-state index is 0.199. The lowest BCUT2D eigenvalue weighted by molar-refractivity contribution is 0.102. The topological polar surface area (TPSA) is 62.7 Å². The van der Waals surface area contributed by atoms with Gasteiger partial charge in [0.15, 0.2) is 5.75 Å². The van der Waals surface area contributed by atoms with Crippen molar-refractivity contribution in [3.8, 4) is 5.75 Å². The molecule has 0 radical (unpaired) electrons. The third-order valence-corrected chi connectivity index (χ3v) is 4.43. The molecule has 5 nitrogen and oxygen atoms in total. The van der Waals surface area contributed by atoms with Gasteiger partial charge < -0.3 is 15.4 Å². The van der Waals surface area contributed by atoms with Gasteiger partial charge in [0.1, 0.15) is 11.4 Å². The second kappa shape index (κ2) is 7.76. The van der Waals surface area contributed by atoms with Gasteiger partial charge in [0.2, 0.25) is 0 Å². The maximum atomic E-state index is 12.8. The number of nitrogens with one attached hydrogen (secondary N) is 2. The van der Waals surface area contributed by atoms with Crippen molar-refractivity contribution in [2.24, 2.45) is 4.99 Å². The molecule has 0 saturated heterocycles. The van der Waals surface area contributed by atoms with Gasteiger partial charge >= 0.3 is 0 Å². The molecule has 1 amide bonds. The van der Waals surface area contributed by atoms with E-state index < -0.39 is 5.91 Å². The lowest BCUT2D eigenvalue weighted by Crippen LogP contribution is -2.31. The Morgan fingerprint density at radius 2 is 1.96 bits per heavy atom. The normalized spacial score (nSPS) is 13.6. The molecule has 0 spiro atoms. The molecule has 0 bridgehead atoms. The van der Waals surface area contributed by atoms with E-state index in [0.717, 1.165) is 30.9 Å². The van der Waals surface area contributed by atoms with Crippen molar-refractivity contribution in [2.75, 3.05) is 25.5 Å². The third kappa shape index (κ3) is 3.72. The SMILES string of the molecule is COc1c(Cl)ccc(Cl)c1C(=O)Nc1ccccc1C1=NCCCN1. The molecule has 2 aromatic carbocycles. The monoisotopic (exact) mass is 377 g/mol. The molecule has 1 aliphatic rings. The first-order valence-electron chi connectivity index (χ1n) is 7.83.